The monoisotopic (exact) mass is 287 g/mol. The smallest absolute Gasteiger partial charge is 0.271 e. The van der Waals surface area contributed by atoms with E-state index in [1.807, 2.05) is 0 Å². The number of halogens is 3. The molecule has 1 atom stereocenters. The highest BCUT2D eigenvalue weighted by Gasteiger charge is 2.33. The lowest BCUT2D eigenvalue weighted by molar-refractivity contribution is -0.138. The summed E-state index contributed by atoms with van der Waals surface area (Å²) in [5.74, 6) is 5.40. The maximum absolute atomic E-state index is 12.9. The average Bonchev–Trinajstić information content (AvgIpc) is 2.89. The number of rotatable bonds is 4. The van der Waals surface area contributed by atoms with Gasteiger partial charge in [-0.1, -0.05) is 18.2 Å². The standard InChI is InChI=1S/C12H12F3N3S/c13-12(14,15)9-4-2-1-3-8(9)5-10(18-16)11-6-19-7-17-11/h1-4,6-7,10,18H,5,16H2. The van der Waals surface area contributed by atoms with Crippen LogP contribution in [0.1, 0.15) is 22.9 Å². The van der Waals surface area contributed by atoms with Crippen LogP contribution in [0, 0.1) is 0 Å². The number of nitrogens with zero attached hydrogens (tertiary/aromatic N) is 1. The molecule has 0 aliphatic carbocycles. The fraction of sp³-hybridized carbons (Fsp3) is 0.250. The van der Waals surface area contributed by atoms with Gasteiger partial charge in [-0.15, -0.1) is 11.3 Å². The Balaban J connectivity index is 2.28. The van der Waals surface area contributed by atoms with Crippen molar-refractivity contribution in [3.8, 4) is 0 Å². The first kappa shape index (κ1) is 14.0. The minimum absolute atomic E-state index is 0.135. The van der Waals surface area contributed by atoms with E-state index >= 15 is 0 Å². The van der Waals surface area contributed by atoms with E-state index in [4.69, 9.17) is 5.84 Å². The Kier molecular flexibility index (Phi) is 4.18. The van der Waals surface area contributed by atoms with Gasteiger partial charge >= 0.3 is 6.18 Å². The van der Waals surface area contributed by atoms with Crippen molar-refractivity contribution in [1.82, 2.24) is 10.4 Å². The predicted octanol–water partition coefficient (Wildman–Crippen LogP) is 2.91. The third-order valence-electron chi connectivity index (χ3n) is 2.76. The molecule has 0 aliphatic heterocycles. The summed E-state index contributed by atoms with van der Waals surface area (Å²) in [5.41, 5.74) is 4.34. The summed E-state index contributed by atoms with van der Waals surface area (Å²) >= 11 is 1.37. The topological polar surface area (TPSA) is 50.9 Å². The van der Waals surface area contributed by atoms with Crippen LogP contribution in [0.25, 0.3) is 0 Å². The van der Waals surface area contributed by atoms with Gasteiger partial charge in [0.1, 0.15) is 0 Å². The SMILES string of the molecule is NNC(Cc1ccccc1C(F)(F)F)c1cscn1. The van der Waals surface area contributed by atoms with Gasteiger partial charge in [0, 0.05) is 5.38 Å². The Bertz CT molecular complexity index is 525. The molecule has 0 amide bonds. The molecule has 1 heterocycles. The summed E-state index contributed by atoms with van der Waals surface area (Å²) in [6.07, 6.45) is -4.23. The zero-order valence-corrected chi connectivity index (χ0v) is 10.6. The van der Waals surface area contributed by atoms with Gasteiger partial charge in [-0.3, -0.25) is 11.3 Å². The van der Waals surface area contributed by atoms with Crippen LogP contribution in [0.2, 0.25) is 0 Å². The zero-order chi connectivity index (χ0) is 13.9. The first-order valence-corrected chi connectivity index (χ1v) is 6.46. The normalized spacial score (nSPS) is 13.5. The minimum atomic E-state index is -4.36. The zero-order valence-electron chi connectivity index (χ0n) is 9.82. The second-order valence-electron chi connectivity index (χ2n) is 3.99. The largest absolute Gasteiger partial charge is 0.416 e. The lowest BCUT2D eigenvalue weighted by Crippen LogP contribution is -2.30. The van der Waals surface area contributed by atoms with E-state index in [0.29, 0.717) is 5.69 Å². The van der Waals surface area contributed by atoms with Crippen molar-refractivity contribution < 1.29 is 13.2 Å². The van der Waals surface area contributed by atoms with Gasteiger partial charge in [0.05, 0.1) is 22.8 Å². The number of hydrazine groups is 1. The van der Waals surface area contributed by atoms with E-state index in [2.05, 4.69) is 10.4 Å². The Hall–Kier alpha value is -1.44. The molecule has 0 saturated heterocycles. The van der Waals surface area contributed by atoms with Gasteiger partial charge in [0.15, 0.2) is 0 Å². The van der Waals surface area contributed by atoms with Gasteiger partial charge in [0.25, 0.3) is 0 Å². The van der Waals surface area contributed by atoms with Crippen LogP contribution in [-0.4, -0.2) is 4.98 Å². The van der Waals surface area contributed by atoms with E-state index in [0.717, 1.165) is 6.07 Å². The van der Waals surface area contributed by atoms with Crippen LogP contribution in [0.3, 0.4) is 0 Å². The van der Waals surface area contributed by atoms with E-state index < -0.39 is 17.8 Å². The first-order chi connectivity index (χ1) is 9.02. The first-order valence-electron chi connectivity index (χ1n) is 5.51. The van der Waals surface area contributed by atoms with Crippen molar-refractivity contribution in [3.63, 3.8) is 0 Å². The Morgan fingerprint density at radius 3 is 2.63 bits per heavy atom. The maximum Gasteiger partial charge on any atom is 0.416 e. The summed E-state index contributed by atoms with van der Waals surface area (Å²) in [6, 6.07) is 5.05. The molecule has 0 spiro atoms. The Morgan fingerprint density at radius 2 is 2.05 bits per heavy atom. The number of hydrogen-bond donors (Lipinski definition) is 2. The van der Waals surface area contributed by atoms with Gasteiger partial charge < -0.3 is 0 Å². The molecule has 2 aromatic rings. The molecular weight excluding hydrogens is 275 g/mol. The molecule has 1 aromatic carbocycles. The van der Waals surface area contributed by atoms with Crippen molar-refractivity contribution in [1.29, 1.82) is 0 Å². The molecule has 7 heteroatoms. The van der Waals surface area contributed by atoms with Crippen LogP contribution >= 0.6 is 11.3 Å². The third kappa shape index (κ3) is 3.31. The molecule has 0 aliphatic rings. The molecule has 3 nitrogen and oxygen atoms in total. The quantitative estimate of drug-likeness (QED) is 0.671. The molecule has 1 aromatic heterocycles. The van der Waals surface area contributed by atoms with Gasteiger partial charge in [-0.25, -0.2) is 4.98 Å². The van der Waals surface area contributed by atoms with E-state index in [1.54, 1.807) is 17.0 Å². The van der Waals surface area contributed by atoms with Crippen molar-refractivity contribution in [3.05, 3.63) is 52.0 Å². The molecule has 0 bridgehead atoms. The van der Waals surface area contributed by atoms with Crippen molar-refractivity contribution in [2.24, 2.45) is 5.84 Å². The summed E-state index contributed by atoms with van der Waals surface area (Å²) in [4.78, 5) is 4.07. The number of thiazole rings is 1. The highest BCUT2D eigenvalue weighted by atomic mass is 32.1. The summed E-state index contributed by atoms with van der Waals surface area (Å²) in [6.45, 7) is 0. The average molecular weight is 287 g/mol. The highest BCUT2D eigenvalue weighted by molar-refractivity contribution is 7.07. The second-order valence-corrected chi connectivity index (χ2v) is 4.71. The fourth-order valence-corrected chi connectivity index (χ4v) is 2.45. The van der Waals surface area contributed by atoms with Crippen LogP contribution in [-0.2, 0) is 12.6 Å². The van der Waals surface area contributed by atoms with Crippen molar-refractivity contribution in [2.75, 3.05) is 0 Å². The Morgan fingerprint density at radius 1 is 1.32 bits per heavy atom. The molecule has 0 saturated carbocycles. The summed E-state index contributed by atoms with van der Waals surface area (Å²) < 4.78 is 38.6. The molecule has 3 N–H and O–H groups in total. The van der Waals surface area contributed by atoms with Gasteiger partial charge in [-0.05, 0) is 18.1 Å². The number of aromatic nitrogens is 1. The van der Waals surface area contributed by atoms with Gasteiger partial charge in [-0.2, -0.15) is 13.2 Å². The lowest BCUT2D eigenvalue weighted by atomic mass is 9.99. The predicted molar refractivity (Wildman–Crippen MR) is 67.3 cm³/mol. The number of alkyl halides is 3. The van der Waals surface area contributed by atoms with Crippen LogP contribution in [0.5, 0.6) is 0 Å². The molecule has 2 rings (SSSR count). The molecular formula is C12H12F3N3S. The van der Waals surface area contributed by atoms with Crippen molar-refractivity contribution >= 4 is 11.3 Å². The van der Waals surface area contributed by atoms with E-state index in [-0.39, 0.29) is 12.0 Å². The van der Waals surface area contributed by atoms with Gasteiger partial charge in [0.2, 0.25) is 0 Å². The molecule has 19 heavy (non-hydrogen) atoms. The summed E-state index contributed by atoms with van der Waals surface area (Å²) in [7, 11) is 0. The highest BCUT2D eigenvalue weighted by Crippen LogP contribution is 2.33. The third-order valence-corrected chi connectivity index (χ3v) is 3.36. The molecule has 1 unspecified atom stereocenters. The van der Waals surface area contributed by atoms with Crippen LogP contribution in [0.4, 0.5) is 13.2 Å². The lowest BCUT2D eigenvalue weighted by Gasteiger charge is -2.17. The second kappa shape index (κ2) is 5.68. The maximum atomic E-state index is 12.9. The molecule has 0 fully saturated rings. The Labute approximate surface area is 112 Å². The van der Waals surface area contributed by atoms with E-state index in [1.165, 1.54) is 23.5 Å². The van der Waals surface area contributed by atoms with E-state index in [9.17, 15) is 13.2 Å². The number of hydrogen-bond acceptors (Lipinski definition) is 4. The molecule has 0 radical (unpaired) electrons. The summed E-state index contributed by atoms with van der Waals surface area (Å²) in [5, 5.41) is 1.76. The van der Waals surface area contributed by atoms with Crippen molar-refractivity contribution in [2.45, 2.75) is 18.6 Å². The minimum Gasteiger partial charge on any atom is -0.271 e. The fourth-order valence-electron chi connectivity index (χ4n) is 1.84. The number of nitrogens with two attached hydrogens (primary N) is 1. The molecule has 102 valence electrons. The number of benzene rings is 1. The number of nitrogens with one attached hydrogen (secondary N) is 1. The van der Waals surface area contributed by atoms with Crippen LogP contribution in [0.15, 0.2) is 35.2 Å². The van der Waals surface area contributed by atoms with Crippen LogP contribution < -0.4 is 11.3 Å².